The summed E-state index contributed by atoms with van der Waals surface area (Å²) in [6, 6.07) is 7.73. The highest BCUT2D eigenvalue weighted by atomic mass is 79.9. The fourth-order valence-electron chi connectivity index (χ4n) is 2.56. The molecule has 0 saturated heterocycles. The van der Waals surface area contributed by atoms with E-state index in [1.54, 1.807) is 0 Å². The first-order valence-electron chi connectivity index (χ1n) is 6.40. The molecule has 0 bridgehead atoms. The molecule has 0 spiro atoms. The van der Waals surface area contributed by atoms with Crippen LogP contribution in [0.1, 0.15) is 36.0 Å². The Morgan fingerprint density at radius 3 is 2.72 bits per heavy atom. The lowest BCUT2D eigenvalue weighted by molar-refractivity contribution is 0.0638. The Balaban J connectivity index is 2.17. The predicted molar refractivity (Wildman–Crippen MR) is 74.5 cm³/mol. The molecule has 0 unspecified atom stereocenters. The van der Waals surface area contributed by atoms with Crippen LogP contribution in [0.5, 0.6) is 0 Å². The lowest BCUT2D eigenvalue weighted by Crippen LogP contribution is -2.40. The third-order valence-corrected chi connectivity index (χ3v) is 3.93. The summed E-state index contributed by atoms with van der Waals surface area (Å²) < 4.78 is 0.906. The minimum absolute atomic E-state index is 0.0241. The molecule has 1 fully saturated rings. The van der Waals surface area contributed by atoms with Gasteiger partial charge in [-0.05, 0) is 31.0 Å². The highest BCUT2D eigenvalue weighted by Crippen LogP contribution is 2.25. The van der Waals surface area contributed by atoms with Crippen molar-refractivity contribution in [2.75, 3.05) is 13.2 Å². The summed E-state index contributed by atoms with van der Waals surface area (Å²) in [4.78, 5) is 14.3. The van der Waals surface area contributed by atoms with Gasteiger partial charge in [0.1, 0.15) is 0 Å². The van der Waals surface area contributed by atoms with Crippen molar-refractivity contribution in [3.05, 3.63) is 34.3 Å². The first kappa shape index (κ1) is 13.6. The van der Waals surface area contributed by atoms with Gasteiger partial charge in [-0.15, -0.1) is 0 Å². The van der Waals surface area contributed by atoms with Gasteiger partial charge in [0.25, 0.3) is 5.91 Å². The van der Waals surface area contributed by atoms with Gasteiger partial charge >= 0.3 is 0 Å². The molecule has 1 aliphatic rings. The van der Waals surface area contributed by atoms with Crippen LogP contribution in [-0.4, -0.2) is 35.1 Å². The molecule has 1 aromatic carbocycles. The molecule has 0 aliphatic heterocycles. The number of aliphatic hydroxyl groups is 1. The summed E-state index contributed by atoms with van der Waals surface area (Å²) >= 11 is 3.38. The van der Waals surface area contributed by atoms with Gasteiger partial charge in [-0.2, -0.15) is 0 Å². The highest BCUT2D eigenvalue weighted by Gasteiger charge is 2.26. The van der Waals surface area contributed by atoms with Gasteiger partial charge in [0, 0.05) is 22.6 Å². The second-order valence-electron chi connectivity index (χ2n) is 4.67. The SMILES string of the molecule is O=C(c1cccc(Br)c1)N(CCO)C1CCCC1. The maximum Gasteiger partial charge on any atom is 0.254 e. The van der Waals surface area contributed by atoms with Crippen LogP contribution >= 0.6 is 15.9 Å². The molecule has 98 valence electrons. The molecular weight excluding hydrogens is 294 g/mol. The van der Waals surface area contributed by atoms with E-state index in [9.17, 15) is 4.79 Å². The van der Waals surface area contributed by atoms with E-state index >= 15 is 0 Å². The van der Waals surface area contributed by atoms with Crippen LogP contribution in [0.25, 0.3) is 0 Å². The van der Waals surface area contributed by atoms with E-state index in [-0.39, 0.29) is 12.5 Å². The second-order valence-corrected chi connectivity index (χ2v) is 5.59. The normalized spacial score (nSPS) is 15.9. The third kappa shape index (κ3) is 3.12. The van der Waals surface area contributed by atoms with Crippen LogP contribution in [-0.2, 0) is 0 Å². The van der Waals surface area contributed by atoms with Crippen molar-refractivity contribution >= 4 is 21.8 Å². The van der Waals surface area contributed by atoms with Crippen molar-refractivity contribution in [3.8, 4) is 0 Å². The summed E-state index contributed by atoms with van der Waals surface area (Å²) in [5.74, 6) is 0.0252. The number of benzene rings is 1. The van der Waals surface area contributed by atoms with E-state index < -0.39 is 0 Å². The molecule has 1 aromatic rings. The van der Waals surface area contributed by atoms with Crippen molar-refractivity contribution < 1.29 is 9.90 Å². The molecule has 1 saturated carbocycles. The average molecular weight is 312 g/mol. The maximum atomic E-state index is 12.5. The van der Waals surface area contributed by atoms with Crippen molar-refractivity contribution in [3.63, 3.8) is 0 Å². The molecule has 4 heteroatoms. The highest BCUT2D eigenvalue weighted by molar-refractivity contribution is 9.10. The van der Waals surface area contributed by atoms with E-state index in [0.717, 1.165) is 17.3 Å². The molecule has 1 aliphatic carbocycles. The first-order chi connectivity index (χ1) is 8.72. The van der Waals surface area contributed by atoms with Gasteiger partial charge in [0.15, 0.2) is 0 Å². The Morgan fingerprint density at radius 2 is 2.11 bits per heavy atom. The number of amides is 1. The molecule has 0 heterocycles. The van der Waals surface area contributed by atoms with Gasteiger partial charge < -0.3 is 10.0 Å². The molecule has 3 nitrogen and oxygen atoms in total. The molecule has 1 N–H and O–H groups in total. The van der Waals surface area contributed by atoms with Crippen molar-refractivity contribution in [2.45, 2.75) is 31.7 Å². The number of hydrogen-bond acceptors (Lipinski definition) is 2. The van der Waals surface area contributed by atoms with Crippen LogP contribution in [0, 0.1) is 0 Å². The Bertz CT molecular complexity index is 416. The monoisotopic (exact) mass is 311 g/mol. The standard InChI is InChI=1S/C14H18BrNO2/c15-12-5-3-4-11(10-12)14(18)16(8-9-17)13-6-1-2-7-13/h3-5,10,13,17H,1-2,6-9H2. The third-order valence-electron chi connectivity index (χ3n) is 3.44. The molecular formula is C14H18BrNO2. The van der Waals surface area contributed by atoms with Gasteiger partial charge in [-0.3, -0.25) is 4.79 Å². The van der Waals surface area contributed by atoms with Gasteiger partial charge in [0.2, 0.25) is 0 Å². The van der Waals surface area contributed by atoms with Crippen molar-refractivity contribution in [1.29, 1.82) is 0 Å². The number of carbonyl (C=O) groups is 1. The van der Waals surface area contributed by atoms with Crippen LogP contribution in [0.3, 0.4) is 0 Å². The zero-order chi connectivity index (χ0) is 13.0. The first-order valence-corrected chi connectivity index (χ1v) is 7.19. The van der Waals surface area contributed by atoms with E-state index in [2.05, 4.69) is 15.9 Å². The summed E-state index contributed by atoms with van der Waals surface area (Å²) in [5.41, 5.74) is 0.685. The van der Waals surface area contributed by atoms with E-state index in [1.165, 1.54) is 12.8 Å². The summed E-state index contributed by atoms with van der Waals surface area (Å²) in [6.45, 7) is 0.451. The van der Waals surface area contributed by atoms with Crippen LogP contribution < -0.4 is 0 Å². The topological polar surface area (TPSA) is 40.5 Å². The van der Waals surface area contributed by atoms with Gasteiger partial charge in [-0.1, -0.05) is 34.8 Å². The second kappa shape index (κ2) is 6.34. The zero-order valence-electron chi connectivity index (χ0n) is 10.3. The van der Waals surface area contributed by atoms with Gasteiger partial charge in [0.05, 0.1) is 6.61 Å². The quantitative estimate of drug-likeness (QED) is 0.929. The average Bonchev–Trinajstić information content (AvgIpc) is 2.89. The smallest absolute Gasteiger partial charge is 0.254 e. The number of nitrogens with zero attached hydrogens (tertiary/aromatic N) is 1. The van der Waals surface area contributed by atoms with E-state index in [4.69, 9.17) is 5.11 Å². The fraction of sp³-hybridized carbons (Fsp3) is 0.500. The zero-order valence-corrected chi connectivity index (χ0v) is 11.9. The number of halogens is 1. The van der Waals surface area contributed by atoms with Crippen LogP contribution in [0.4, 0.5) is 0 Å². The number of aliphatic hydroxyl groups excluding tert-OH is 1. The Hall–Kier alpha value is -0.870. The fourth-order valence-corrected chi connectivity index (χ4v) is 2.96. The number of hydrogen-bond donors (Lipinski definition) is 1. The van der Waals surface area contributed by atoms with Gasteiger partial charge in [-0.25, -0.2) is 0 Å². The minimum Gasteiger partial charge on any atom is -0.395 e. The maximum absolute atomic E-state index is 12.5. The molecule has 1 amide bonds. The Kier molecular flexibility index (Phi) is 4.78. The van der Waals surface area contributed by atoms with E-state index in [1.807, 2.05) is 29.2 Å². The number of carbonyl (C=O) groups excluding carboxylic acids is 1. The summed E-state index contributed by atoms with van der Waals surface area (Å²) in [7, 11) is 0. The number of rotatable bonds is 4. The molecule has 0 radical (unpaired) electrons. The Labute approximate surface area is 116 Å². The predicted octanol–water partition coefficient (Wildman–Crippen LogP) is 2.83. The molecule has 18 heavy (non-hydrogen) atoms. The van der Waals surface area contributed by atoms with Crippen molar-refractivity contribution in [1.82, 2.24) is 4.90 Å². The molecule has 0 aromatic heterocycles. The largest absolute Gasteiger partial charge is 0.395 e. The molecule has 0 atom stereocenters. The minimum atomic E-state index is 0.0241. The summed E-state index contributed by atoms with van der Waals surface area (Å²) in [6.07, 6.45) is 4.47. The lowest BCUT2D eigenvalue weighted by Gasteiger charge is -2.28. The van der Waals surface area contributed by atoms with Crippen LogP contribution in [0.2, 0.25) is 0 Å². The molecule has 2 rings (SSSR count). The summed E-state index contributed by atoms with van der Waals surface area (Å²) in [5, 5.41) is 9.14. The Morgan fingerprint density at radius 1 is 1.39 bits per heavy atom. The van der Waals surface area contributed by atoms with Crippen molar-refractivity contribution in [2.24, 2.45) is 0 Å². The lowest BCUT2D eigenvalue weighted by atomic mass is 10.1. The van der Waals surface area contributed by atoms with Crippen LogP contribution in [0.15, 0.2) is 28.7 Å². The van der Waals surface area contributed by atoms with E-state index in [0.29, 0.717) is 18.2 Å².